The maximum Gasteiger partial charge on any atom is 0.141 e. The summed E-state index contributed by atoms with van der Waals surface area (Å²) in [7, 11) is 0. The predicted molar refractivity (Wildman–Crippen MR) is 90.7 cm³/mol. The second-order valence-electron chi connectivity index (χ2n) is 6.88. The summed E-state index contributed by atoms with van der Waals surface area (Å²) in [6, 6.07) is 4.23. The molecular formula is C18H29ClO2. The first-order valence-electron chi connectivity index (χ1n) is 7.77. The Morgan fingerprint density at radius 1 is 1.05 bits per heavy atom. The molecule has 3 heteroatoms. The largest absolute Gasteiger partial charge is 0.489 e. The van der Waals surface area contributed by atoms with Crippen LogP contribution in [0.25, 0.3) is 0 Å². The smallest absolute Gasteiger partial charge is 0.141 e. The van der Waals surface area contributed by atoms with Crippen LogP contribution < -0.4 is 4.74 Å². The predicted octanol–water partition coefficient (Wildman–Crippen LogP) is 5.09. The molecule has 0 heterocycles. The Labute approximate surface area is 134 Å². The maximum absolute atomic E-state index is 9.02. The van der Waals surface area contributed by atoms with Gasteiger partial charge in [-0.3, -0.25) is 0 Å². The van der Waals surface area contributed by atoms with E-state index in [0.717, 1.165) is 18.4 Å². The highest BCUT2D eigenvalue weighted by molar-refractivity contribution is 6.32. The average Bonchev–Trinajstić information content (AvgIpc) is 2.45. The molecule has 0 spiro atoms. The highest BCUT2D eigenvalue weighted by atomic mass is 35.5. The number of aliphatic hydroxyl groups excluding tert-OH is 1. The fourth-order valence-corrected chi connectivity index (χ4v) is 2.45. The van der Waals surface area contributed by atoms with Crippen LogP contribution in [-0.4, -0.2) is 18.3 Å². The highest BCUT2D eigenvalue weighted by Crippen LogP contribution is 2.42. The van der Waals surface area contributed by atoms with Gasteiger partial charge in [-0.2, -0.15) is 0 Å². The molecule has 0 bridgehead atoms. The third kappa shape index (κ3) is 4.14. The molecule has 0 atom stereocenters. The summed E-state index contributed by atoms with van der Waals surface area (Å²) in [4.78, 5) is 0. The van der Waals surface area contributed by atoms with Crippen molar-refractivity contribution in [2.24, 2.45) is 0 Å². The van der Waals surface area contributed by atoms with Crippen molar-refractivity contribution in [2.75, 3.05) is 13.2 Å². The van der Waals surface area contributed by atoms with Crippen molar-refractivity contribution in [3.8, 4) is 5.75 Å². The van der Waals surface area contributed by atoms with Crippen LogP contribution in [0.5, 0.6) is 5.75 Å². The fourth-order valence-electron chi connectivity index (χ4n) is 2.18. The van der Waals surface area contributed by atoms with Crippen molar-refractivity contribution in [1.82, 2.24) is 0 Å². The molecule has 1 aromatic carbocycles. The van der Waals surface area contributed by atoms with Crippen molar-refractivity contribution in [1.29, 1.82) is 0 Å². The Kier molecular flexibility index (Phi) is 6.12. The summed E-state index contributed by atoms with van der Waals surface area (Å²) in [5, 5.41) is 9.66. The monoisotopic (exact) mass is 312 g/mol. The number of halogens is 1. The van der Waals surface area contributed by atoms with E-state index in [1.807, 2.05) is 6.07 Å². The van der Waals surface area contributed by atoms with Crippen molar-refractivity contribution in [2.45, 2.75) is 65.2 Å². The summed E-state index contributed by atoms with van der Waals surface area (Å²) in [5.41, 5.74) is 2.43. The zero-order valence-corrected chi connectivity index (χ0v) is 15.0. The van der Waals surface area contributed by atoms with Crippen molar-refractivity contribution in [3.05, 3.63) is 28.3 Å². The molecule has 0 aliphatic rings. The molecule has 0 aromatic heterocycles. The molecular weight excluding hydrogens is 284 g/mol. The minimum absolute atomic E-state index is 0.00940. The minimum Gasteiger partial charge on any atom is -0.489 e. The van der Waals surface area contributed by atoms with Crippen LogP contribution in [0.4, 0.5) is 0 Å². The summed E-state index contributed by atoms with van der Waals surface area (Å²) in [6.07, 6.45) is 2.04. The molecule has 0 amide bonds. The molecule has 0 saturated heterocycles. The molecule has 0 aliphatic heterocycles. The lowest BCUT2D eigenvalue weighted by molar-refractivity contribution is 0.198. The van der Waals surface area contributed by atoms with Crippen LogP contribution in [0.3, 0.4) is 0 Å². The maximum atomic E-state index is 9.02. The number of rotatable bonds is 7. The number of hydrogen-bond donors (Lipinski definition) is 1. The molecule has 0 unspecified atom stereocenters. The van der Waals surface area contributed by atoms with E-state index in [1.54, 1.807) is 0 Å². The van der Waals surface area contributed by atoms with Crippen molar-refractivity contribution < 1.29 is 9.84 Å². The second-order valence-corrected chi connectivity index (χ2v) is 7.29. The molecule has 0 saturated carbocycles. The summed E-state index contributed by atoms with van der Waals surface area (Å²) in [5.74, 6) is 0.716. The van der Waals surface area contributed by atoms with Gasteiger partial charge < -0.3 is 9.84 Å². The molecule has 0 radical (unpaired) electrons. The minimum atomic E-state index is -0.0196. The van der Waals surface area contributed by atoms with E-state index in [9.17, 15) is 0 Å². The highest BCUT2D eigenvalue weighted by Gasteiger charge is 2.28. The molecule has 1 rings (SSSR count). The fraction of sp³-hybridized carbons (Fsp3) is 0.667. The molecule has 2 nitrogen and oxygen atoms in total. The number of aliphatic hydroxyl groups is 1. The van der Waals surface area contributed by atoms with Gasteiger partial charge in [0.1, 0.15) is 12.4 Å². The van der Waals surface area contributed by atoms with Crippen molar-refractivity contribution >= 4 is 11.6 Å². The third-order valence-electron chi connectivity index (χ3n) is 4.66. The van der Waals surface area contributed by atoms with Gasteiger partial charge in [0.2, 0.25) is 0 Å². The van der Waals surface area contributed by atoms with Gasteiger partial charge in [-0.15, -0.1) is 0 Å². The third-order valence-corrected chi connectivity index (χ3v) is 4.94. The second kappa shape index (κ2) is 7.02. The molecule has 0 fully saturated rings. The van der Waals surface area contributed by atoms with Gasteiger partial charge in [-0.05, 0) is 35.3 Å². The topological polar surface area (TPSA) is 29.5 Å². The van der Waals surface area contributed by atoms with E-state index >= 15 is 0 Å². The molecule has 1 N–H and O–H groups in total. The van der Waals surface area contributed by atoms with Crippen LogP contribution in [0.2, 0.25) is 5.02 Å². The summed E-state index contributed by atoms with van der Waals surface area (Å²) in [6.45, 7) is 13.5. The normalized spacial score (nSPS) is 12.6. The lowest BCUT2D eigenvalue weighted by Crippen LogP contribution is -2.22. The van der Waals surface area contributed by atoms with Crippen LogP contribution in [0, 0.1) is 0 Å². The number of benzene rings is 1. The SMILES string of the molecule is CCC(C)(C)c1cc(Cl)c(OCCO)c(C(C)(C)CC)c1. The molecule has 0 aliphatic carbocycles. The van der Waals surface area contributed by atoms with E-state index in [4.69, 9.17) is 21.4 Å². The van der Waals surface area contributed by atoms with Gasteiger partial charge in [0.15, 0.2) is 0 Å². The zero-order chi connectivity index (χ0) is 16.3. The van der Waals surface area contributed by atoms with E-state index < -0.39 is 0 Å². The first-order valence-corrected chi connectivity index (χ1v) is 8.15. The summed E-state index contributed by atoms with van der Waals surface area (Å²) < 4.78 is 5.72. The van der Waals surface area contributed by atoms with Gasteiger partial charge in [0.05, 0.1) is 11.6 Å². The lowest BCUT2D eigenvalue weighted by atomic mass is 9.76. The lowest BCUT2D eigenvalue weighted by Gasteiger charge is -2.31. The van der Waals surface area contributed by atoms with Gasteiger partial charge in [0, 0.05) is 5.56 Å². The average molecular weight is 313 g/mol. The Bertz CT molecular complexity index is 478. The van der Waals surface area contributed by atoms with Crippen LogP contribution in [0.15, 0.2) is 12.1 Å². The van der Waals surface area contributed by atoms with E-state index in [0.29, 0.717) is 10.8 Å². The standard InChI is InChI=1S/C18H29ClO2/c1-7-17(3,4)13-11-14(18(5,6)8-2)16(15(19)12-13)21-10-9-20/h11-12,20H,7-10H2,1-6H3. The Hall–Kier alpha value is -0.730. The quantitative estimate of drug-likeness (QED) is 0.760. The molecule has 120 valence electrons. The molecule has 1 aromatic rings. The Morgan fingerprint density at radius 3 is 2.10 bits per heavy atom. The Balaban J connectivity index is 3.46. The number of ether oxygens (including phenoxy) is 1. The first-order chi connectivity index (χ1) is 9.69. The van der Waals surface area contributed by atoms with Gasteiger partial charge in [-0.25, -0.2) is 0 Å². The zero-order valence-electron chi connectivity index (χ0n) is 14.2. The van der Waals surface area contributed by atoms with Crippen LogP contribution >= 0.6 is 11.6 Å². The summed E-state index contributed by atoms with van der Waals surface area (Å²) >= 11 is 6.49. The van der Waals surface area contributed by atoms with Crippen LogP contribution in [-0.2, 0) is 10.8 Å². The molecule has 21 heavy (non-hydrogen) atoms. The van der Waals surface area contributed by atoms with Gasteiger partial charge >= 0.3 is 0 Å². The number of hydrogen-bond acceptors (Lipinski definition) is 2. The first kappa shape index (κ1) is 18.3. The van der Waals surface area contributed by atoms with E-state index in [-0.39, 0.29) is 24.0 Å². The van der Waals surface area contributed by atoms with E-state index in [1.165, 1.54) is 5.56 Å². The van der Waals surface area contributed by atoms with Gasteiger partial charge in [-0.1, -0.05) is 59.2 Å². The van der Waals surface area contributed by atoms with Crippen molar-refractivity contribution in [3.63, 3.8) is 0 Å². The van der Waals surface area contributed by atoms with Gasteiger partial charge in [0.25, 0.3) is 0 Å². The van der Waals surface area contributed by atoms with E-state index in [2.05, 4.69) is 47.6 Å². The van der Waals surface area contributed by atoms with Crippen LogP contribution in [0.1, 0.15) is 65.5 Å². The Morgan fingerprint density at radius 2 is 1.62 bits per heavy atom.